The molecule has 1 saturated carbocycles. The Morgan fingerprint density at radius 3 is 2.50 bits per heavy atom. The van der Waals surface area contributed by atoms with Crippen LogP contribution in [0.5, 0.6) is 0 Å². The summed E-state index contributed by atoms with van der Waals surface area (Å²) in [6, 6.07) is 0. The maximum absolute atomic E-state index is 11.3. The van der Waals surface area contributed by atoms with Gasteiger partial charge in [-0.15, -0.1) is 0 Å². The van der Waals surface area contributed by atoms with Crippen LogP contribution in [0.2, 0.25) is 0 Å². The smallest absolute Gasteiger partial charge is 0.407 e. The molecule has 0 aromatic heterocycles. The van der Waals surface area contributed by atoms with E-state index in [2.05, 4.69) is 27.9 Å². The Hall–Kier alpha value is 0. The molecule has 1 aliphatic carbocycles. The summed E-state index contributed by atoms with van der Waals surface area (Å²) in [5.74, 6) is 0.753. The first kappa shape index (κ1) is 12.1. The molecule has 0 atom stereocenters. The van der Waals surface area contributed by atoms with Gasteiger partial charge in [-0.1, -0.05) is 22.6 Å². The van der Waals surface area contributed by atoms with Gasteiger partial charge in [0.1, 0.15) is 6.10 Å². The van der Waals surface area contributed by atoms with Crippen molar-refractivity contribution in [1.82, 2.24) is 5.32 Å². The third-order valence-corrected chi connectivity index (χ3v) is 3.41. The zero-order chi connectivity index (χ0) is 10.8. The van der Waals surface area contributed by atoms with Crippen LogP contribution in [0.15, 0.2) is 0 Å². The summed E-state index contributed by atoms with van der Waals surface area (Å²) < 4.78 is 6.41. The van der Waals surface area contributed by atoms with E-state index >= 15 is 0 Å². The molecule has 0 heterocycles. The number of rotatable bonds is 2. The molecule has 1 N–H and O–H groups in total. The van der Waals surface area contributed by atoms with Crippen molar-refractivity contribution < 1.29 is 9.53 Å². The molecule has 4 heteroatoms. The van der Waals surface area contributed by atoms with E-state index < -0.39 is 0 Å². The van der Waals surface area contributed by atoms with Gasteiger partial charge in [-0.3, -0.25) is 0 Å². The molecule has 3 nitrogen and oxygen atoms in total. The van der Waals surface area contributed by atoms with Crippen molar-refractivity contribution >= 4 is 28.7 Å². The van der Waals surface area contributed by atoms with E-state index in [9.17, 15) is 4.79 Å². The van der Waals surface area contributed by atoms with Crippen LogP contribution in [0.25, 0.3) is 0 Å². The molecule has 0 aliphatic heterocycles. The minimum atomic E-state index is -0.283. The van der Waals surface area contributed by atoms with Crippen LogP contribution in [0, 0.1) is 5.92 Å². The van der Waals surface area contributed by atoms with E-state index in [4.69, 9.17) is 4.74 Å². The monoisotopic (exact) mass is 311 g/mol. The maximum Gasteiger partial charge on any atom is 0.407 e. The van der Waals surface area contributed by atoms with Crippen molar-refractivity contribution in [2.75, 3.05) is 4.43 Å². The maximum atomic E-state index is 11.3. The molecular formula is C10H18INO2. The van der Waals surface area contributed by atoms with Gasteiger partial charge < -0.3 is 10.1 Å². The molecule has 0 saturated heterocycles. The number of alkyl carbamates (subject to hydrolysis) is 1. The fourth-order valence-electron chi connectivity index (χ4n) is 1.38. The Labute approximate surface area is 99.1 Å². The minimum Gasteiger partial charge on any atom is -0.446 e. The molecule has 0 radical (unpaired) electrons. The Kier molecular flexibility index (Phi) is 4.04. The SMILES string of the molecule is CC(C)(C)NC(=O)OC1CC(CI)C1. The average molecular weight is 311 g/mol. The second-order valence-corrected chi connectivity index (χ2v) is 5.77. The van der Waals surface area contributed by atoms with Crippen molar-refractivity contribution in [3.05, 3.63) is 0 Å². The zero-order valence-electron chi connectivity index (χ0n) is 8.97. The average Bonchev–Trinajstić information content (AvgIpc) is 1.91. The van der Waals surface area contributed by atoms with Crippen molar-refractivity contribution in [2.24, 2.45) is 5.92 Å². The lowest BCUT2D eigenvalue weighted by atomic mass is 9.84. The Morgan fingerprint density at radius 1 is 1.50 bits per heavy atom. The fraction of sp³-hybridized carbons (Fsp3) is 0.900. The summed E-state index contributed by atoms with van der Waals surface area (Å²) in [5.41, 5.74) is -0.205. The predicted octanol–water partition coefficient (Wildman–Crippen LogP) is 2.72. The van der Waals surface area contributed by atoms with Gasteiger partial charge in [0.2, 0.25) is 0 Å². The van der Waals surface area contributed by atoms with Gasteiger partial charge in [-0.25, -0.2) is 4.79 Å². The molecule has 14 heavy (non-hydrogen) atoms. The molecule has 82 valence electrons. The first-order valence-corrected chi connectivity index (χ1v) is 6.48. The number of amides is 1. The molecular weight excluding hydrogens is 293 g/mol. The van der Waals surface area contributed by atoms with Crippen LogP contribution in [0.1, 0.15) is 33.6 Å². The molecule has 1 fully saturated rings. The van der Waals surface area contributed by atoms with Gasteiger partial charge in [-0.2, -0.15) is 0 Å². The Bertz CT molecular complexity index is 207. The van der Waals surface area contributed by atoms with Crippen molar-refractivity contribution in [1.29, 1.82) is 0 Å². The van der Waals surface area contributed by atoms with Crippen LogP contribution in [0.4, 0.5) is 4.79 Å². The van der Waals surface area contributed by atoms with E-state index in [1.807, 2.05) is 20.8 Å². The number of hydrogen-bond acceptors (Lipinski definition) is 2. The summed E-state index contributed by atoms with van der Waals surface area (Å²) in [5, 5.41) is 2.79. The second-order valence-electron chi connectivity index (χ2n) is 4.89. The minimum absolute atomic E-state index is 0.150. The van der Waals surface area contributed by atoms with Crippen molar-refractivity contribution in [3.8, 4) is 0 Å². The van der Waals surface area contributed by atoms with Crippen LogP contribution >= 0.6 is 22.6 Å². The van der Waals surface area contributed by atoms with Gasteiger partial charge >= 0.3 is 6.09 Å². The zero-order valence-corrected chi connectivity index (χ0v) is 11.1. The standard InChI is InChI=1S/C10H18INO2/c1-10(2,3)12-9(13)14-8-4-7(5-8)6-11/h7-8H,4-6H2,1-3H3,(H,12,13). The lowest BCUT2D eigenvalue weighted by Gasteiger charge is -2.34. The van der Waals surface area contributed by atoms with Gasteiger partial charge in [0.05, 0.1) is 0 Å². The summed E-state index contributed by atoms with van der Waals surface area (Å²) >= 11 is 2.37. The van der Waals surface area contributed by atoms with E-state index in [0.29, 0.717) is 0 Å². The molecule has 0 aromatic carbocycles. The molecule has 1 rings (SSSR count). The molecule has 0 spiro atoms. The highest BCUT2D eigenvalue weighted by molar-refractivity contribution is 14.1. The van der Waals surface area contributed by atoms with E-state index in [1.165, 1.54) is 4.43 Å². The van der Waals surface area contributed by atoms with Gasteiger partial charge in [0, 0.05) is 9.97 Å². The number of carbonyl (C=O) groups is 1. The molecule has 1 aliphatic rings. The Morgan fingerprint density at radius 2 is 2.07 bits per heavy atom. The van der Waals surface area contributed by atoms with Crippen LogP contribution in [-0.4, -0.2) is 22.2 Å². The topological polar surface area (TPSA) is 38.3 Å². The third-order valence-electron chi connectivity index (χ3n) is 2.16. The van der Waals surface area contributed by atoms with Crippen molar-refractivity contribution in [3.63, 3.8) is 0 Å². The summed E-state index contributed by atoms with van der Waals surface area (Å²) in [7, 11) is 0. The second kappa shape index (κ2) is 4.68. The summed E-state index contributed by atoms with van der Waals surface area (Å²) in [6.45, 7) is 5.84. The van der Waals surface area contributed by atoms with Crippen molar-refractivity contribution in [2.45, 2.75) is 45.3 Å². The number of halogens is 1. The Balaban J connectivity index is 2.17. The molecule has 0 bridgehead atoms. The highest BCUT2D eigenvalue weighted by Crippen LogP contribution is 2.31. The van der Waals surface area contributed by atoms with Crippen LogP contribution in [-0.2, 0) is 4.74 Å². The number of ether oxygens (including phenoxy) is 1. The molecule has 0 aromatic rings. The number of hydrogen-bond donors (Lipinski definition) is 1. The molecule has 1 amide bonds. The van der Waals surface area contributed by atoms with Crippen LogP contribution < -0.4 is 5.32 Å². The van der Waals surface area contributed by atoms with E-state index in [1.54, 1.807) is 0 Å². The highest BCUT2D eigenvalue weighted by Gasteiger charge is 2.31. The summed E-state index contributed by atoms with van der Waals surface area (Å²) in [6.07, 6.45) is 1.92. The fourth-order valence-corrected chi connectivity index (χ4v) is 2.10. The largest absolute Gasteiger partial charge is 0.446 e. The van der Waals surface area contributed by atoms with E-state index in [0.717, 1.165) is 18.8 Å². The lowest BCUT2D eigenvalue weighted by molar-refractivity contribution is 0.0223. The normalized spacial score (nSPS) is 26.6. The first-order chi connectivity index (χ1) is 6.40. The number of carbonyl (C=O) groups excluding carboxylic acids is 1. The van der Waals surface area contributed by atoms with Gasteiger partial charge in [0.25, 0.3) is 0 Å². The van der Waals surface area contributed by atoms with Gasteiger partial charge in [0.15, 0.2) is 0 Å². The quantitative estimate of drug-likeness (QED) is 0.629. The predicted molar refractivity (Wildman–Crippen MR) is 64.8 cm³/mol. The number of alkyl halides is 1. The van der Waals surface area contributed by atoms with Crippen LogP contribution in [0.3, 0.4) is 0 Å². The highest BCUT2D eigenvalue weighted by atomic mass is 127. The van der Waals surface area contributed by atoms with Gasteiger partial charge in [-0.05, 0) is 39.5 Å². The lowest BCUT2D eigenvalue weighted by Crippen LogP contribution is -2.44. The first-order valence-electron chi connectivity index (χ1n) is 4.95. The van der Waals surface area contributed by atoms with E-state index in [-0.39, 0.29) is 17.7 Å². The molecule has 0 unspecified atom stereocenters. The summed E-state index contributed by atoms with van der Waals surface area (Å²) in [4.78, 5) is 11.3. The third kappa shape index (κ3) is 4.02. The number of nitrogens with one attached hydrogen (secondary N) is 1.